The van der Waals surface area contributed by atoms with Gasteiger partial charge in [0.05, 0.1) is 25.6 Å². The van der Waals surface area contributed by atoms with E-state index in [2.05, 4.69) is 10.6 Å². The number of nitrogens with one attached hydrogen (secondary N) is 2. The van der Waals surface area contributed by atoms with Crippen molar-refractivity contribution in [3.05, 3.63) is 0 Å². The lowest BCUT2D eigenvalue weighted by Gasteiger charge is -2.09. The van der Waals surface area contributed by atoms with Crippen LogP contribution in [0.15, 0.2) is 0 Å². The maximum Gasteiger partial charge on any atom is 0.234 e. The molecule has 1 unspecified atom stereocenters. The molecule has 80 valence electrons. The monoisotopic (exact) mass is 199 g/mol. The topological polar surface area (TPSA) is 74.2 Å². The zero-order valence-electron chi connectivity index (χ0n) is 8.67. The first-order chi connectivity index (χ1) is 6.70. The van der Waals surface area contributed by atoms with Gasteiger partial charge in [-0.1, -0.05) is 0 Å². The highest BCUT2D eigenvalue weighted by Gasteiger charge is 2.03. The molecule has 5 heteroatoms. The second-order valence-electron chi connectivity index (χ2n) is 2.99. The average molecular weight is 199 g/mol. The van der Waals surface area contributed by atoms with Crippen LogP contribution < -0.4 is 10.6 Å². The molecule has 5 nitrogen and oxygen atoms in total. The number of carbonyl (C=O) groups excluding carboxylic acids is 1. The number of nitriles is 1. The zero-order chi connectivity index (χ0) is 10.8. The molecule has 1 atom stereocenters. The lowest BCUT2D eigenvalue weighted by atomic mass is 10.2. The second kappa shape index (κ2) is 8.48. The Balaban J connectivity index is 3.40. The highest BCUT2D eigenvalue weighted by molar-refractivity contribution is 5.77. The van der Waals surface area contributed by atoms with Crippen LogP contribution in [0.25, 0.3) is 0 Å². The van der Waals surface area contributed by atoms with Crippen molar-refractivity contribution in [1.82, 2.24) is 10.6 Å². The molecular weight excluding hydrogens is 182 g/mol. The molecule has 0 fully saturated rings. The first-order valence-electron chi connectivity index (χ1n) is 4.56. The van der Waals surface area contributed by atoms with E-state index in [0.717, 1.165) is 0 Å². The van der Waals surface area contributed by atoms with Gasteiger partial charge in [-0.3, -0.25) is 4.79 Å². The van der Waals surface area contributed by atoms with Gasteiger partial charge in [-0.25, -0.2) is 0 Å². The van der Waals surface area contributed by atoms with Crippen LogP contribution >= 0.6 is 0 Å². The van der Waals surface area contributed by atoms with E-state index in [1.54, 1.807) is 7.11 Å². The largest absolute Gasteiger partial charge is 0.383 e. The van der Waals surface area contributed by atoms with Crippen LogP contribution in [0.2, 0.25) is 0 Å². The molecule has 0 bridgehead atoms. The van der Waals surface area contributed by atoms with Crippen molar-refractivity contribution >= 4 is 5.91 Å². The van der Waals surface area contributed by atoms with Crippen molar-refractivity contribution in [2.45, 2.75) is 19.4 Å². The normalized spacial score (nSPS) is 11.8. The Labute approximate surface area is 84.4 Å². The first kappa shape index (κ1) is 12.9. The Kier molecular flexibility index (Phi) is 7.80. The predicted molar refractivity (Wildman–Crippen MR) is 52.6 cm³/mol. The minimum Gasteiger partial charge on any atom is -0.383 e. The standard InChI is InChI=1S/C9H17N3O2/c1-8(3-4-10)12-7-9(13)11-5-6-14-2/h8,12H,3,5-7H2,1-2H3,(H,11,13). The van der Waals surface area contributed by atoms with E-state index >= 15 is 0 Å². The summed E-state index contributed by atoms with van der Waals surface area (Å²) in [7, 11) is 1.58. The van der Waals surface area contributed by atoms with Crippen LogP contribution in [0.3, 0.4) is 0 Å². The molecule has 0 saturated heterocycles. The fraction of sp³-hybridized carbons (Fsp3) is 0.778. The molecule has 0 heterocycles. The Bertz CT molecular complexity index is 201. The fourth-order valence-corrected chi connectivity index (χ4v) is 0.831. The number of hydrogen-bond donors (Lipinski definition) is 2. The molecule has 0 aliphatic carbocycles. The van der Waals surface area contributed by atoms with E-state index in [1.807, 2.05) is 13.0 Å². The van der Waals surface area contributed by atoms with Crippen molar-refractivity contribution in [3.8, 4) is 6.07 Å². The van der Waals surface area contributed by atoms with Gasteiger partial charge in [0.15, 0.2) is 0 Å². The number of carbonyl (C=O) groups is 1. The molecule has 0 aromatic rings. The third kappa shape index (κ3) is 7.53. The van der Waals surface area contributed by atoms with Crippen LogP contribution in [0.1, 0.15) is 13.3 Å². The summed E-state index contributed by atoms with van der Waals surface area (Å²) in [6.45, 7) is 3.14. The number of methoxy groups -OCH3 is 1. The summed E-state index contributed by atoms with van der Waals surface area (Å²) in [4.78, 5) is 11.1. The minimum atomic E-state index is -0.0770. The van der Waals surface area contributed by atoms with Gasteiger partial charge in [-0.05, 0) is 6.92 Å². The third-order valence-electron chi connectivity index (χ3n) is 1.64. The molecule has 0 rings (SSSR count). The summed E-state index contributed by atoms with van der Waals surface area (Å²) in [5.41, 5.74) is 0. The van der Waals surface area contributed by atoms with Crippen molar-refractivity contribution in [1.29, 1.82) is 5.26 Å². The first-order valence-corrected chi connectivity index (χ1v) is 4.56. The molecule has 14 heavy (non-hydrogen) atoms. The van der Waals surface area contributed by atoms with E-state index in [0.29, 0.717) is 19.6 Å². The molecule has 0 aliphatic rings. The van der Waals surface area contributed by atoms with E-state index in [1.165, 1.54) is 0 Å². The molecule has 1 amide bonds. The summed E-state index contributed by atoms with van der Waals surface area (Å²) in [5.74, 6) is -0.0770. The van der Waals surface area contributed by atoms with Gasteiger partial charge in [0.25, 0.3) is 0 Å². The van der Waals surface area contributed by atoms with Crippen LogP contribution in [0, 0.1) is 11.3 Å². The smallest absolute Gasteiger partial charge is 0.234 e. The quantitative estimate of drug-likeness (QED) is 0.549. The Hall–Kier alpha value is -1.12. The average Bonchev–Trinajstić information content (AvgIpc) is 2.16. The number of hydrogen-bond acceptors (Lipinski definition) is 4. The SMILES string of the molecule is COCCNC(=O)CNC(C)CC#N. The fourth-order valence-electron chi connectivity index (χ4n) is 0.831. The van der Waals surface area contributed by atoms with E-state index < -0.39 is 0 Å². The van der Waals surface area contributed by atoms with Crippen molar-refractivity contribution in [2.75, 3.05) is 26.8 Å². The van der Waals surface area contributed by atoms with E-state index in [4.69, 9.17) is 10.00 Å². The van der Waals surface area contributed by atoms with Crippen LogP contribution in [-0.4, -0.2) is 38.8 Å². The Morgan fingerprint density at radius 1 is 1.64 bits per heavy atom. The van der Waals surface area contributed by atoms with Gasteiger partial charge in [-0.2, -0.15) is 5.26 Å². The zero-order valence-corrected chi connectivity index (χ0v) is 8.67. The summed E-state index contributed by atoms with van der Waals surface area (Å²) < 4.78 is 4.78. The Morgan fingerprint density at radius 2 is 2.36 bits per heavy atom. The highest BCUT2D eigenvalue weighted by atomic mass is 16.5. The van der Waals surface area contributed by atoms with Gasteiger partial charge < -0.3 is 15.4 Å². The van der Waals surface area contributed by atoms with Crippen LogP contribution in [0.5, 0.6) is 0 Å². The van der Waals surface area contributed by atoms with Crippen molar-refractivity contribution < 1.29 is 9.53 Å². The molecule has 0 radical (unpaired) electrons. The van der Waals surface area contributed by atoms with E-state index in [9.17, 15) is 4.79 Å². The highest BCUT2D eigenvalue weighted by Crippen LogP contribution is 1.85. The van der Waals surface area contributed by atoms with Crippen molar-refractivity contribution in [3.63, 3.8) is 0 Å². The van der Waals surface area contributed by atoms with Gasteiger partial charge >= 0.3 is 0 Å². The lowest BCUT2D eigenvalue weighted by Crippen LogP contribution is -2.38. The van der Waals surface area contributed by atoms with Crippen LogP contribution in [-0.2, 0) is 9.53 Å². The lowest BCUT2D eigenvalue weighted by molar-refractivity contribution is -0.120. The minimum absolute atomic E-state index is 0.0492. The maximum atomic E-state index is 11.1. The van der Waals surface area contributed by atoms with Gasteiger partial charge in [0.1, 0.15) is 0 Å². The molecule has 0 aromatic carbocycles. The summed E-state index contributed by atoms with van der Waals surface area (Å²) in [6.07, 6.45) is 0.408. The molecule has 0 aliphatic heterocycles. The maximum absolute atomic E-state index is 11.1. The summed E-state index contributed by atoms with van der Waals surface area (Å²) in [5, 5.41) is 14.0. The number of rotatable bonds is 7. The molecule has 2 N–H and O–H groups in total. The predicted octanol–water partition coefficient (Wildman–Crippen LogP) is -0.359. The molecule has 0 saturated carbocycles. The summed E-state index contributed by atoms with van der Waals surface area (Å²) >= 11 is 0. The second-order valence-corrected chi connectivity index (χ2v) is 2.99. The number of ether oxygens (including phenoxy) is 1. The van der Waals surface area contributed by atoms with Gasteiger partial charge in [0.2, 0.25) is 5.91 Å². The molecule has 0 spiro atoms. The Morgan fingerprint density at radius 3 is 2.93 bits per heavy atom. The summed E-state index contributed by atoms with van der Waals surface area (Å²) in [6, 6.07) is 2.08. The van der Waals surface area contributed by atoms with Crippen LogP contribution in [0.4, 0.5) is 0 Å². The van der Waals surface area contributed by atoms with Gasteiger partial charge in [-0.15, -0.1) is 0 Å². The third-order valence-corrected chi connectivity index (χ3v) is 1.64. The van der Waals surface area contributed by atoms with Crippen molar-refractivity contribution in [2.24, 2.45) is 0 Å². The number of amides is 1. The van der Waals surface area contributed by atoms with Gasteiger partial charge in [0, 0.05) is 19.7 Å². The van der Waals surface area contributed by atoms with E-state index in [-0.39, 0.29) is 18.5 Å². The molecule has 0 aromatic heterocycles. The number of nitrogens with zero attached hydrogens (tertiary/aromatic N) is 1. The molecular formula is C9H17N3O2.